The summed E-state index contributed by atoms with van der Waals surface area (Å²) in [6, 6.07) is 22.6. The normalized spacial score (nSPS) is 14.6. The standard InChI is InChI=1S/C26H18N2/c1-2-7-21-16(4-1)12-17-8-9-24-22(25(17)21)14-19-6-3-5-18-13-20-15-27-11-10-23(20)28(24)26(18)19/h1-11,15H,12-14H2. The maximum Gasteiger partial charge on any atom is 0.0532 e. The second-order valence-corrected chi connectivity index (χ2v) is 8.05. The van der Waals surface area contributed by atoms with Crippen molar-refractivity contribution in [2.24, 2.45) is 0 Å². The Hall–Kier alpha value is -3.39. The average Bonchev–Trinajstić information content (AvgIpc) is 3.12. The van der Waals surface area contributed by atoms with E-state index in [1.165, 1.54) is 61.6 Å². The second kappa shape index (κ2) is 5.11. The van der Waals surface area contributed by atoms with Gasteiger partial charge in [0.05, 0.1) is 17.1 Å². The second-order valence-electron chi connectivity index (χ2n) is 8.05. The zero-order valence-electron chi connectivity index (χ0n) is 15.4. The maximum absolute atomic E-state index is 4.40. The first-order valence-electron chi connectivity index (χ1n) is 9.95. The lowest BCUT2D eigenvalue weighted by atomic mass is 9.84. The zero-order chi connectivity index (χ0) is 18.2. The van der Waals surface area contributed by atoms with Gasteiger partial charge in [0.1, 0.15) is 0 Å². The fourth-order valence-electron chi connectivity index (χ4n) is 5.44. The number of anilines is 3. The Morgan fingerprint density at radius 1 is 0.643 bits per heavy atom. The first-order chi connectivity index (χ1) is 13.9. The number of benzene rings is 3. The van der Waals surface area contributed by atoms with E-state index in [4.69, 9.17) is 0 Å². The Bertz CT molecular complexity index is 1300. The highest BCUT2D eigenvalue weighted by molar-refractivity contribution is 5.94. The highest BCUT2D eigenvalue weighted by atomic mass is 15.2. The predicted octanol–water partition coefficient (Wildman–Crippen LogP) is 5.93. The summed E-state index contributed by atoms with van der Waals surface area (Å²) in [5, 5.41) is 0. The van der Waals surface area contributed by atoms with E-state index in [0.29, 0.717) is 0 Å². The van der Waals surface area contributed by atoms with Gasteiger partial charge in [0.25, 0.3) is 0 Å². The van der Waals surface area contributed by atoms with Crippen molar-refractivity contribution in [2.75, 3.05) is 4.90 Å². The lowest BCUT2D eigenvalue weighted by molar-refractivity contribution is 1.00. The Labute approximate surface area is 164 Å². The molecule has 0 fully saturated rings. The van der Waals surface area contributed by atoms with Gasteiger partial charge in [-0.3, -0.25) is 4.98 Å². The van der Waals surface area contributed by atoms with Gasteiger partial charge < -0.3 is 4.90 Å². The van der Waals surface area contributed by atoms with E-state index in [9.17, 15) is 0 Å². The molecule has 1 aromatic heterocycles. The molecule has 28 heavy (non-hydrogen) atoms. The van der Waals surface area contributed by atoms with Crippen LogP contribution in [0.1, 0.15) is 33.4 Å². The van der Waals surface area contributed by atoms with E-state index in [2.05, 4.69) is 70.5 Å². The molecule has 0 atom stereocenters. The summed E-state index contributed by atoms with van der Waals surface area (Å²) in [6.07, 6.45) is 6.97. The van der Waals surface area contributed by atoms with Crippen molar-refractivity contribution >= 4 is 17.1 Å². The molecular formula is C26H18N2. The first kappa shape index (κ1) is 14.6. The van der Waals surface area contributed by atoms with Crippen LogP contribution in [-0.4, -0.2) is 4.98 Å². The molecule has 2 heteroatoms. The molecule has 0 bridgehead atoms. The smallest absolute Gasteiger partial charge is 0.0532 e. The van der Waals surface area contributed by atoms with Crippen LogP contribution in [0.4, 0.5) is 17.1 Å². The third-order valence-electron chi connectivity index (χ3n) is 6.58. The zero-order valence-corrected chi connectivity index (χ0v) is 15.4. The number of nitrogens with zero attached hydrogens (tertiary/aromatic N) is 2. The lowest BCUT2D eigenvalue weighted by Gasteiger charge is -2.40. The van der Waals surface area contributed by atoms with Gasteiger partial charge in [-0.05, 0) is 63.1 Å². The van der Waals surface area contributed by atoms with Gasteiger partial charge in [-0.2, -0.15) is 0 Å². The van der Waals surface area contributed by atoms with Crippen LogP contribution in [0.2, 0.25) is 0 Å². The van der Waals surface area contributed by atoms with Crippen molar-refractivity contribution < 1.29 is 0 Å². The molecule has 0 N–H and O–H groups in total. The van der Waals surface area contributed by atoms with Crippen molar-refractivity contribution in [3.05, 3.63) is 106 Å². The van der Waals surface area contributed by atoms with Crippen LogP contribution in [0.5, 0.6) is 0 Å². The van der Waals surface area contributed by atoms with E-state index >= 15 is 0 Å². The molecule has 4 aromatic rings. The SMILES string of the molecule is c1ccc2c(c1)Cc1ccc3c(c1-2)Cc1cccc2c1N3c1ccncc1C2. The summed E-state index contributed by atoms with van der Waals surface area (Å²) in [5.74, 6) is 0. The Morgan fingerprint density at radius 3 is 2.43 bits per heavy atom. The van der Waals surface area contributed by atoms with Crippen molar-refractivity contribution in [1.82, 2.24) is 4.98 Å². The molecule has 2 nitrogen and oxygen atoms in total. The number of para-hydroxylation sites is 1. The van der Waals surface area contributed by atoms with Gasteiger partial charge in [-0.15, -0.1) is 0 Å². The largest absolute Gasteiger partial charge is 0.309 e. The number of hydrogen-bond donors (Lipinski definition) is 0. The van der Waals surface area contributed by atoms with Crippen LogP contribution in [-0.2, 0) is 19.3 Å². The number of pyridine rings is 1. The molecular weight excluding hydrogens is 340 g/mol. The van der Waals surface area contributed by atoms with E-state index in [1.54, 1.807) is 0 Å². The average molecular weight is 358 g/mol. The van der Waals surface area contributed by atoms with E-state index < -0.39 is 0 Å². The topological polar surface area (TPSA) is 16.1 Å². The fraction of sp³-hybridized carbons (Fsp3) is 0.115. The molecule has 7 rings (SSSR count). The minimum absolute atomic E-state index is 0.964. The third-order valence-corrected chi connectivity index (χ3v) is 6.58. The van der Waals surface area contributed by atoms with E-state index in [1.807, 2.05) is 12.4 Å². The molecule has 0 unspecified atom stereocenters. The van der Waals surface area contributed by atoms with Crippen molar-refractivity contribution in [3.8, 4) is 11.1 Å². The summed E-state index contributed by atoms with van der Waals surface area (Å²) < 4.78 is 0. The highest BCUT2D eigenvalue weighted by Crippen LogP contribution is 2.53. The Morgan fingerprint density at radius 2 is 1.46 bits per heavy atom. The monoisotopic (exact) mass is 358 g/mol. The molecule has 3 heterocycles. The van der Waals surface area contributed by atoms with Crippen molar-refractivity contribution in [3.63, 3.8) is 0 Å². The van der Waals surface area contributed by atoms with Gasteiger partial charge in [-0.25, -0.2) is 0 Å². The molecule has 0 spiro atoms. The number of aromatic nitrogens is 1. The Balaban J connectivity index is 1.56. The van der Waals surface area contributed by atoms with Gasteiger partial charge in [-0.1, -0.05) is 48.5 Å². The quantitative estimate of drug-likeness (QED) is 0.334. The molecule has 3 aromatic carbocycles. The molecule has 2 aliphatic heterocycles. The van der Waals surface area contributed by atoms with Crippen LogP contribution in [0, 0.1) is 0 Å². The minimum atomic E-state index is 0.964. The van der Waals surface area contributed by atoms with Crippen LogP contribution in [0.3, 0.4) is 0 Å². The van der Waals surface area contributed by atoms with Gasteiger partial charge in [0, 0.05) is 25.2 Å². The summed E-state index contributed by atoms with van der Waals surface area (Å²) in [4.78, 5) is 6.89. The molecule has 0 saturated carbocycles. The fourth-order valence-corrected chi connectivity index (χ4v) is 5.44. The Kier molecular flexibility index (Phi) is 2.67. The highest BCUT2D eigenvalue weighted by Gasteiger charge is 2.34. The minimum Gasteiger partial charge on any atom is -0.309 e. The van der Waals surface area contributed by atoms with E-state index in [-0.39, 0.29) is 0 Å². The van der Waals surface area contributed by atoms with E-state index in [0.717, 1.165) is 19.3 Å². The van der Waals surface area contributed by atoms with Crippen LogP contribution >= 0.6 is 0 Å². The maximum atomic E-state index is 4.40. The first-order valence-corrected chi connectivity index (χ1v) is 9.95. The summed E-state index contributed by atoms with van der Waals surface area (Å²) in [6.45, 7) is 0. The van der Waals surface area contributed by atoms with Crippen molar-refractivity contribution in [2.45, 2.75) is 19.3 Å². The summed E-state index contributed by atoms with van der Waals surface area (Å²) in [7, 11) is 0. The van der Waals surface area contributed by atoms with Gasteiger partial charge >= 0.3 is 0 Å². The molecule has 0 radical (unpaired) electrons. The third kappa shape index (κ3) is 1.75. The van der Waals surface area contributed by atoms with Crippen molar-refractivity contribution in [1.29, 1.82) is 0 Å². The summed E-state index contributed by atoms with van der Waals surface area (Å²) >= 11 is 0. The molecule has 132 valence electrons. The van der Waals surface area contributed by atoms with Crippen LogP contribution in [0.15, 0.2) is 73.1 Å². The molecule has 1 aliphatic carbocycles. The lowest BCUT2D eigenvalue weighted by Crippen LogP contribution is -2.25. The van der Waals surface area contributed by atoms with Gasteiger partial charge in [0.2, 0.25) is 0 Å². The van der Waals surface area contributed by atoms with Crippen LogP contribution in [0.25, 0.3) is 11.1 Å². The molecule has 0 saturated heterocycles. The summed E-state index contributed by atoms with van der Waals surface area (Å²) in [5.41, 5.74) is 15.4. The molecule has 3 aliphatic rings. The number of hydrogen-bond acceptors (Lipinski definition) is 2. The molecule has 0 amide bonds. The predicted molar refractivity (Wildman–Crippen MR) is 113 cm³/mol. The number of rotatable bonds is 0. The van der Waals surface area contributed by atoms with Gasteiger partial charge in [0.15, 0.2) is 0 Å². The van der Waals surface area contributed by atoms with Crippen LogP contribution < -0.4 is 4.90 Å². The number of fused-ring (bicyclic) bond motifs is 8.